The average Bonchev–Trinajstić information content (AvgIpc) is 3.05. The summed E-state index contributed by atoms with van der Waals surface area (Å²) < 4.78 is 30.6. The van der Waals surface area contributed by atoms with Crippen molar-refractivity contribution in [3.8, 4) is 0 Å². The molecule has 2 aromatic heterocycles. The van der Waals surface area contributed by atoms with Crippen LogP contribution in [0.15, 0.2) is 23.7 Å². The van der Waals surface area contributed by atoms with Crippen LogP contribution in [0.2, 0.25) is 0 Å². The van der Waals surface area contributed by atoms with Crippen LogP contribution < -0.4 is 0 Å². The average molecular weight is 323 g/mol. The third-order valence-corrected chi connectivity index (χ3v) is 5.82. The van der Waals surface area contributed by atoms with Gasteiger partial charge in [0.1, 0.15) is 5.82 Å². The molecule has 0 N–H and O–H groups in total. The summed E-state index contributed by atoms with van der Waals surface area (Å²) in [7, 11) is 0.202. The first-order chi connectivity index (χ1) is 10.4. The SMILES string of the molecule is Cc1cn(C)c(C2CCCN(S(=O)(=O)c3cn(C)cn3)C2)n1. The number of sulfonamides is 1. The highest BCUT2D eigenvalue weighted by Gasteiger charge is 2.33. The summed E-state index contributed by atoms with van der Waals surface area (Å²) >= 11 is 0. The molecule has 3 heterocycles. The Bertz CT molecular complexity index is 777. The molecule has 0 radical (unpaired) electrons. The molecule has 22 heavy (non-hydrogen) atoms. The van der Waals surface area contributed by atoms with E-state index in [1.54, 1.807) is 17.8 Å². The molecule has 1 aliphatic heterocycles. The minimum Gasteiger partial charge on any atom is -0.339 e. The number of nitrogens with zero attached hydrogens (tertiary/aromatic N) is 5. The predicted octanol–water partition coefficient (Wildman–Crippen LogP) is 1.03. The topological polar surface area (TPSA) is 73.0 Å². The number of aryl methyl sites for hydroxylation is 3. The largest absolute Gasteiger partial charge is 0.339 e. The first kappa shape index (κ1) is 15.2. The van der Waals surface area contributed by atoms with Crippen LogP contribution in [-0.2, 0) is 24.1 Å². The van der Waals surface area contributed by atoms with Crippen LogP contribution in [0, 0.1) is 6.92 Å². The molecular weight excluding hydrogens is 302 g/mol. The highest BCUT2D eigenvalue weighted by molar-refractivity contribution is 7.89. The van der Waals surface area contributed by atoms with Crippen molar-refractivity contribution in [2.75, 3.05) is 13.1 Å². The Hall–Kier alpha value is -1.67. The molecular formula is C14H21N5O2S. The minimum atomic E-state index is -3.52. The van der Waals surface area contributed by atoms with E-state index in [1.807, 2.05) is 24.7 Å². The van der Waals surface area contributed by atoms with Crippen molar-refractivity contribution in [2.45, 2.75) is 30.7 Å². The van der Waals surface area contributed by atoms with E-state index in [1.165, 1.54) is 10.6 Å². The zero-order valence-electron chi connectivity index (χ0n) is 13.1. The lowest BCUT2D eigenvalue weighted by atomic mass is 9.99. The van der Waals surface area contributed by atoms with Gasteiger partial charge in [-0.15, -0.1) is 0 Å². The molecule has 0 saturated carbocycles. The molecule has 120 valence electrons. The highest BCUT2D eigenvalue weighted by atomic mass is 32.2. The summed E-state index contributed by atoms with van der Waals surface area (Å²) in [6.07, 6.45) is 6.82. The predicted molar refractivity (Wildman–Crippen MR) is 81.9 cm³/mol. The van der Waals surface area contributed by atoms with Gasteiger partial charge in [-0.1, -0.05) is 0 Å². The molecule has 1 atom stereocenters. The second-order valence-corrected chi connectivity index (χ2v) is 7.82. The van der Waals surface area contributed by atoms with Crippen LogP contribution in [0.4, 0.5) is 0 Å². The summed E-state index contributed by atoms with van der Waals surface area (Å²) in [5, 5.41) is 0.117. The van der Waals surface area contributed by atoms with Gasteiger partial charge in [-0.05, 0) is 19.8 Å². The highest BCUT2D eigenvalue weighted by Crippen LogP contribution is 2.29. The van der Waals surface area contributed by atoms with Crippen molar-refractivity contribution >= 4 is 10.0 Å². The lowest BCUT2D eigenvalue weighted by molar-refractivity contribution is 0.305. The van der Waals surface area contributed by atoms with Crippen LogP contribution in [0.25, 0.3) is 0 Å². The maximum atomic E-state index is 12.7. The van der Waals surface area contributed by atoms with Gasteiger partial charge < -0.3 is 9.13 Å². The van der Waals surface area contributed by atoms with Gasteiger partial charge in [0, 0.05) is 45.5 Å². The smallest absolute Gasteiger partial charge is 0.262 e. The molecule has 0 aromatic carbocycles. The van der Waals surface area contributed by atoms with E-state index in [0.29, 0.717) is 13.1 Å². The molecule has 0 amide bonds. The third-order valence-electron chi connectivity index (χ3n) is 4.07. The van der Waals surface area contributed by atoms with Crippen molar-refractivity contribution in [1.29, 1.82) is 0 Å². The van der Waals surface area contributed by atoms with Gasteiger partial charge in [0.2, 0.25) is 0 Å². The van der Waals surface area contributed by atoms with E-state index in [0.717, 1.165) is 24.4 Å². The van der Waals surface area contributed by atoms with Crippen molar-refractivity contribution in [3.05, 3.63) is 30.2 Å². The van der Waals surface area contributed by atoms with E-state index in [4.69, 9.17) is 0 Å². The van der Waals surface area contributed by atoms with E-state index in [2.05, 4.69) is 9.97 Å². The normalized spacial score (nSPS) is 20.4. The minimum absolute atomic E-state index is 0.117. The Morgan fingerprint density at radius 2 is 2.05 bits per heavy atom. The first-order valence-electron chi connectivity index (χ1n) is 7.36. The number of hydrogen-bond acceptors (Lipinski definition) is 4. The van der Waals surface area contributed by atoms with Crippen LogP contribution >= 0.6 is 0 Å². The second-order valence-electron chi connectivity index (χ2n) is 5.93. The molecule has 0 bridgehead atoms. The third kappa shape index (κ3) is 2.68. The maximum Gasteiger partial charge on any atom is 0.262 e. The molecule has 1 fully saturated rings. The summed E-state index contributed by atoms with van der Waals surface area (Å²) in [6, 6.07) is 0. The number of rotatable bonds is 3. The Balaban J connectivity index is 1.85. The molecule has 8 heteroatoms. The van der Waals surface area contributed by atoms with Gasteiger partial charge in [-0.3, -0.25) is 0 Å². The molecule has 3 rings (SSSR count). The summed E-state index contributed by atoms with van der Waals surface area (Å²) in [5.74, 6) is 1.09. The van der Waals surface area contributed by atoms with Crippen molar-refractivity contribution in [1.82, 2.24) is 23.4 Å². The molecule has 7 nitrogen and oxygen atoms in total. The molecule has 1 aliphatic rings. The second kappa shape index (κ2) is 5.51. The lowest BCUT2D eigenvalue weighted by Crippen LogP contribution is -2.39. The van der Waals surface area contributed by atoms with Crippen molar-refractivity contribution in [3.63, 3.8) is 0 Å². The molecule has 0 aliphatic carbocycles. The van der Waals surface area contributed by atoms with Crippen LogP contribution in [0.1, 0.15) is 30.3 Å². The van der Waals surface area contributed by atoms with Gasteiger partial charge in [0.05, 0.1) is 12.0 Å². The van der Waals surface area contributed by atoms with Gasteiger partial charge in [0.25, 0.3) is 10.0 Å². The van der Waals surface area contributed by atoms with Crippen LogP contribution in [0.3, 0.4) is 0 Å². The fourth-order valence-electron chi connectivity index (χ4n) is 3.04. The van der Waals surface area contributed by atoms with Gasteiger partial charge in [-0.25, -0.2) is 18.4 Å². The lowest BCUT2D eigenvalue weighted by Gasteiger charge is -2.31. The van der Waals surface area contributed by atoms with Crippen molar-refractivity contribution < 1.29 is 8.42 Å². The number of hydrogen-bond donors (Lipinski definition) is 0. The Morgan fingerprint density at radius 1 is 1.27 bits per heavy atom. The monoisotopic (exact) mass is 323 g/mol. The molecule has 2 aromatic rings. The van der Waals surface area contributed by atoms with Gasteiger partial charge in [0.15, 0.2) is 5.03 Å². The van der Waals surface area contributed by atoms with Crippen LogP contribution in [0.5, 0.6) is 0 Å². The Morgan fingerprint density at radius 3 is 2.64 bits per heavy atom. The Kier molecular flexibility index (Phi) is 3.82. The standard InChI is InChI=1S/C14H21N5O2S/c1-11-7-18(3)14(16-11)12-5-4-6-19(8-12)22(20,21)13-9-17(2)10-15-13/h7,9-10,12H,4-6,8H2,1-3H3. The maximum absolute atomic E-state index is 12.7. The van der Waals surface area contributed by atoms with Crippen molar-refractivity contribution in [2.24, 2.45) is 14.1 Å². The van der Waals surface area contributed by atoms with Gasteiger partial charge >= 0.3 is 0 Å². The molecule has 0 spiro atoms. The first-order valence-corrected chi connectivity index (χ1v) is 8.80. The van der Waals surface area contributed by atoms with E-state index < -0.39 is 10.0 Å². The number of imidazole rings is 2. The van der Waals surface area contributed by atoms with E-state index >= 15 is 0 Å². The number of piperidine rings is 1. The Labute approximate surface area is 130 Å². The molecule has 1 unspecified atom stereocenters. The zero-order chi connectivity index (χ0) is 15.9. The summed E-state index contributed by atoms with van der Waals surface area (Å²) in [6.45, 7) is 2.96. The van der Waals surface area contributed by atoms with Gasteiger partial charge in [-0.2, -0.15) is 4.31 Å². The zero-order valence-corrected chi connectivity index (χ0v) is 13.9. The quantitative estimate of drug-likeness (QED) is 0.846. The fraction of sp³-hybridized carbons (Fsp3) is 0.571. The number of aromatic nitrogens is 4. The van der Waals surface area contributed by atoms with E-state index in [-0.39, 0.29) is 10.9 Å². The summed E-state index contributed by atoms with van der Waals surface area (Å²) in [4.78, 5) is 8.54. The van der Waals surface area contributed by atoms with E-state index in [9.17, 15) is 8.42 Å². The fourth-order valence-corrected chi connectivity index (χ4v) is 4.53. The van der Waals surface area contributed by atoms with Crippen LogP contribution in [-0.4, -0.2) is 44.9 Å². The molecule has 1 saturated heterocycles. The summed E-state index contributed by atoms with van der Waals surface area (Å²) in [5.41, 5.74) is 0.960.